The van der Waals surface area contributed by atoms with E-state index in [9.17, 15) is 4.79 Å². The number of thiophene rings is 1. The predicted molar refractivity (Wildman–Crippen MR) is 116 cm³/mol. The standard InChI is InChI=1S/C22H26N4O3S/c1-2-3-14-28-18-8-6-17(7-9-18)22(27)26-12-10-25(11-13-26)16-20-23-21(24-29-20)19-5-4-15-30-19/h4-9,15H,2-3,10-14,16H2,1H3. The van der Waals surface area contributed by atoms with Crippen molar-refractivity contribution in [3.05, 3.63) is 53.2 Å². The lowest BCUT2D eigenvalue weighted by molar-refractivity contribution is 0.0615. The number of aromatic nitrogens is 2. The van der Waals surface area contributed by atoms with E-state index in [0.717, 1.165) is 36.6 Å². The van der Waals surface area contributed by atoms with Gasteiger partial charge in [-0.2, -0.15) is 4.98 Å². The van der Waals surface area contributed by atoms with Crippen LogP contribution in [0.15, 0.2) is 46.3 Å². The lowest BCUT2D eigenvalue weighted by Crippen LogP contribution is -2.48. The zero-order chi connectivity index (χ0) is 20.8. The van der Waals surface area contributed by atoms with E-state index in [-0.39, 0.29) is 5.91 Å². The molecule has 4 rings (SSSR count). The van der Waals surface area contributed by atoms with Gasteiger partial charge in [-0.05, 0) is 42.1 Å². The van der Waals surface area contributed by atoms with Gasteiger partial charge >= 0.3 is 0 Å². The van der Waals surface area contributed by atoms with E-state index in [2.05, 4.69) is 22.0 Å². The van der Waals surface area contributed by atoms with Crippen molar-refractivity contribution in [2.24, 2.45) is 0 Å². The molecule has 158 valence electrons. The van der Waals surface area contributed by atoms with Crippen LogP contribution in [0.25, 0.3) is 10.7 Å². The van der Waals surface area contributed by atoms with Gasteiger partial charge in [0.05, 0.1) is 18.0 Å². The van der Waals surface area contributed by atoms with E-state index in [1.807, 2.05) is 46.7 Å². The summed E-state index contributed by atoms with van der Waals surface area (Å²) in [6, 6.07) is 11.4. The molecule has 0 radical (unpaired) electrons. The molecule has 2 aromatic heterocycles. The molecule has 1 saturated heterocycles. The first-order chi connectivity index (χ1) is 14.7. The molecule has 8 heteroatoms. The largest absolute Gasteiger partial charge is 0.494 e. The van der Waals surface area contributed by atoms with Crippen LogP contribution in [-0.2, 0) is 6.54 Å². The second kappa shape index (κ2) is 9.86. The third-order valence-corrected chi connectivity index (χ3v) is 5.96. The van der Waals surface area contributed by atoms with Crippen molar-refractivity contribution >= 4 is 17.2 Å². The summed E-state index contributed by atoms with van der Waals surface area (Å²) >= 11 is 1.59. The summed E-state index contributed by atoms with van der Waals surface area (Å²) in [5.41, 5.74) is 0.698. The number of ether oxygens (including phenoxy) is 1. The highest BCUT2D eigenvalue weighted by Gasteiger charge is 2.23. The molecule has 0 atom stereocenters. The van der Waals surface area contributed by atoms with E-state index in [4.69, 9.17) is 9.26 Å². The van der Waals surface area contributed by atoms with Gasteiger partial charge in [0.2, 0.25) is 11.7 Å². The van der Waals surface area contributed by atoms with E-state index >= 15 is 0 Å². The summed E-state index contributed by atoms with van der Waals surface area (Å²) < 4.78 is 11.1. The molecule has 3 heterocycles. The van der Waals surface area contributed by atoms with Crippen LogP contribution in [0.3, 0.4) is 0 Å². The number of benzene rings is 1. The first kappa shape index (κ1) is 20.6. The van der Waals surface area contributed by atoms with Crippen LogP contribution in [0.4, 0.5) is 0 Å². The fourth-order valence-electron chi connectivity index (χ4n) is 3.34. The van der Waals surface area contributed by atoms with E-state index in [1.54, 1.807) is 11.3 Å². The molecule has 1 aliphatic heterocycles. The molecule has 0 spiro atoms. The maximum Gasteiger partial charge on any atom is 0.253 e. The molecule has 0 N–H and O–H groups in total. The van der Waals surface area contributed by atoms with Crippen LogP contribution >= 0.6 is 11.3 Å². The van der Waals surface area contributed by atoms with E-state index < -0.39 is 0 Å². The van der Waals surface area contributed by atoms with Crippen LogP contribution in [0.1, 0.15) is 36.0 Å². The quantitative estimate of drug-likeness (QED) is 0.508. The third kappa shape index (κ3) is 5.06. The Balaban J connectivity index is 1.26. The second-order valence-electron chi connectivity index (χ2n) is 7.28. The highest BCUT2D eigenvalue weighted by Crippen LogP contribution is 2.22. The Hall–Kier alpha value is -2.71. The Bertz CT molecular complexity index is 932. The minimum Gasteiger partial charge on any atom is -0.494 e. The SMILES string of the molecule is CCCCOc1ccc(C(=O)N2CCN(Cc3nc(-c4cccs4)no3)CC2)cc1. The Morgan fingerprint density at radius 3 is 2.67 bits per heavy atom. The van der Waals surface area contributed by atoms with Gasteiger partial charge in [0.1, 0.15) is 5.75 Å². The van der Waals surface area contributed by atoms with Crippen molar-refractivity contribution in [2.45, 2.75) is 26.3 Å². The fraction of sp³-hybridized carbons (Fsp3) is 0.409. The minimum atomic E-state index is 0.0625. The molecule has 1 aromatic carbocycles. The number of piperazine rings is 1. The topological polar surface area (TPSA) is 71.7 Å². The monoisotopic (exact) mass is 426 g/mol. The van der Waals surface area contributed by atoms with Crippen molar-refractivity contribution in [1.82, 2.24) is 19.9 Å². The second-order valence-corrected chi connectivity index (χ2v) is 8.23. The summed E-state index contributed by atoms with van der Waals surface area (Å²) in [6.45, 7) is 6.36. The lowest BCUT2D eigenvalue weighted by atomic mass is 10.1. The van der Waals surface area contributed by atoms with Gasteiger partial charge in [0.25, 0.3) is 5.91 Å². The summed E-state index contributed by atoms with van der Waals surface area (Å²) in [4.78, 5) is 22.4. The van der Waals surface area contributed by atoms with Crippen LogP contribution in [0.2, 0.25) is 0 Å². The minimum absolute atomic E-state index is 0.0625. The van der Waals surface area contributed by atoms with Gasteiger partial charge < -0.3 is 14.2 Å². The van der Waals surface area contributed by atoms with Crippen LogP contribution in [0, 0.1) is 0 Å². The molecule has 0 aliphatic carbocycles. The molecular formula is C22H26N4O3S. The normalized spacial score (nSPS) is 14.8. The van der Waals surface area contributed by atoms with E-state index in [1.165, 1.54) is 0 Å². The van der Waals surface area contributed by atoms with Crippen LogP contribution in [-0.4, -0.2) is 58.6 Å². The maximum absolute atomic E-state index is 12.8. The number of amides is 1. The van der Waals surface area contributed by atoms with Gasteiger partial charge in [-0.3, -0.25) is 9.69 Å². The number of unbranched alkanes of at least 4 members (excludes halogenated alkanes) is 1. The molecule has 30 heavy (non-hydrogen) atoms. The smallest absolute Gasteiger partial charge is 0.253 e. The molecule has 1 fully saturated rings. The van der Waals surface area contributed by atoms with Crippen molar-refractivity contribution in [3.63, 3.8) is 0 Å². The number of hydrogen-bond acceptors (Lipinski definition) is 7. The zero-order valence-electron chi connectivity index (χ0n) is 17.1. The number of rotatable bonds is 8. The number of carbonyl (C=O) groups excluding carboxylic acids is 1. The molecule has 0 unspecified atom stereocenters. The van der Waals surface area contributed by atoms with Crippen molar-refractivity contribution < 1.29 is 14.1 Å². The van der Waals surface area contributed by atoms with Gasteiger partial charge in [-0.25, -0.2) is 0 Å². The number of hydrogen-bond donors (Lipinski definition) is 0. The first-order valence-electron chi connectivity index (χ1n) is 10.3. The molecule has 1 aliphatic rings. The summed E-state index contributed by atoms with van der Waals surface area (Å²) in [5, 5.41) is 6.06. The number of nitrogens with zero attached hydrogens (tertiary/aromatic N) is 4. The first-order valence-corrected chi connectivity index (χ1v) is 11.2. The lowest BCUT2D eigenvalue weighted by Gasteiger charge is -2.34. The molecule has 0 bridgehead atoms. The number of carbonyl (C=O) groups is 1. The Morgan fingerprint density at radius 1 is 1.17 bits per heavy atom. The highest BCUT2D eigenvalue weighted by molar-refractivity contribution is 7.13. The predicted octanol–water partition coefficient (Wildman–Crippen LogP) is 3.94. The van der Waals surface area contributed by atoms with Crippen LogP contribution in [0.5, 0.6) is 5.75 Å². The average molecular weight is 427 g/mol. The molecule has 0 saturated carbocycles. The summed E-state index contributed by atoms with van der Waals surface area (Å²) in [7, 11) is 0. The third-order valence-electron chi connectivity index (χ3n) is 5.10. The van der Waals surface area contributed by atoms with Crippen molar-refractivity contribution in [3.8, 4) is 16.5 Å². The Labute approximate surface area is 180 Å². The van der Waals surface area contributed by atoms with Gasteiger partial charge in [-0.1, -0.05) is 24.6 Å². The van der Waals surface area contributed by atoms with Crippen molar-refractivity contribution in [1.29, 1.82) is 0 Å². The molecule has 1 amide bonds. The Morgan fingerprint density at radius 2 is 1.97 bits per heavy atom. The van der Waals surface area contributed by atoms with Gasteiger partial charge in [0, 0.05) is 31.7 Å². The van der Waals surface area contributed by atoms with Gasteiger partial charge in [0.15, 0.2) is 0 Å². The average Bonchev–Trinajstić information content (AvgIpc) is 3.47. The molecule has 7 nitrogen and oxygen atoms in total. The van der Waals surface area contributed by atoms with Crippen molar-refractivity contribution in [2.75, 3.05) is 32.8 Å². The highest BCUT2D eigenvalue weighted by atomic mass is 32.1. The fourth-order valence-corrected chi connectivity index (χ4v) is 3.99. The maximum atomic E-state index is 12.8. The van der Waals surface area contributed by atoms with E-state index in [0.29, 0.717) is 43.5 Å². The summed E-state index contributed by atoms with van der Waals surface area (Å²) in [5.74, 6) is 2.12. The van der Waals surface area contributed by atoms with Gasteiger partial charge in [-0.15, -0.1) is 11.3 Å². The summed E-state index contributed by atoms with van der Waals surface area (Å²) in [6.07, 6.45) is 2.13. The molecule has 3 aromatic rings. The zero-order valence-corrected chi connectivity index (χ0v) is 17.9. The van der Waals surface area contributed by atoms with Crippen LogP contribution < -0.4 is 4.74 Å². The molecular weight excluding hydrogens is 400 g/mol. The Kier molecular flexibility index (Phi) is 6.76.